The van der Waals surface area contributed by atoms with Crippen LogP contribution in [0.3, 0.4) is 0 Å². The molecule has 0 aliphatic rings. The minimum absolute atomic E-state index is 0.746. The Morgan fingerprint density at radius 1 is 1.06 bits per heavy atom. The van der Waals surface area contributed by atoms with E-state index in [1.165, 1.54) is 31.2 Å². The SMILES string of the molecule is CCCCC(/C=C/C=C/c1ccccc1)CC. The maximum absolute atomic E-state index is 2.34. The molecule has 0 radical (unpaired) electrons. The molecule has 0 saturated heterocycles. The molecule has 0 aliphatic heterocycles. The van der Waals surface area contributed by atoms with Crippen molar-refractivity contribution in [3.05, 3.63) is 54.1 Å². The Balaban J connectivity index is 2.40. The maximum atomic E-state index is 2.34. The molecule has 0 nitrogen and oxygen atoms in total. The van der Waals surface area contributed by atoms with E-state index in [0.29, 0.717) is 0 Å². The maximum Gasteiger partial charge on any atom is -0.0233 e. The summed E-state index contributed by atoms with van der Waals surface area (Å²) in [5, 5.41) is 0. The van der Waals surface area contributed by atoms with Gasteiger partial charge in [-0.25, -0.2) is 0 Å². The number of unbranched alkanes of at least 4 members (excludes halogenated alkanes) is 1. The topological polar surface area (TPSA) is 0 Å². The highest BCUT2D eigenvalue weighted by atomic mass is 14.0. The Hall–Kier alpha value is -1.30. The standard InChI is InChI=1S/C17H24/c1-3-5-11-16(4-2)12-9-10-15-17-13-7-6-8-14-17/h6-10,12-16H,3-5,11H2,1-2H3/b12-9+,15-10+. The predicted molar refractivity (Wildman–Crippen MR) is 77.9 cm³/mol. The summed E-state index contributed by atoms with van der Waals surface area (Å²) >= 11 is 0. The van der Waals surface area contributed by atoms with Gasteiger partial charge in [0.25, 0.3) is 0 Å². The lowest BCUT2D eigenvalue weighted by Crippen LogP contribution is -1.93. The lowest BCUT2D eigenvalue weighted by atomic mass is 9.99. The lowest BCUT2D eigenvalue weighted by molar-refractivity contribution is 0.540. The summed E-state index contributed by atoms with van der Waals surface area (Å²) in [6.45, 7) is 4.53. The molecule has 0 N–H and O–H groups in total. The first-order valence-corrected chi connectivity index (χ1v) is 6.76. The van der Waals surface area contributed by atoms with Crippen molar-refractivity contribution in [1.29, 1.82) is 0 Å². The van der Waals surface area contributed by atoms with E-state index in [-0.39, 0.29) is 0 Å². The van der Waals surface area contributed by atoms with Crippen LogP contribution in [0, 0.1) is 5.92 Å². The average molecular weight is 228 g/mol. The summed E-state index contributed by atoms with van der Waals surface area (Å²) in [7, 11) is 0. The van der Waals surface area contributed by atoms with Crippen LogP contribution >= 0.6 is 0 Å². The molecule has 92 valence electrons. The van der Waals surface area contributed by atoms with Crippen LogP contribution in [0.5, 0.6) is 0 Å². The molecule has 0 saturated carbocycles. The quantitative estimate of drug-likeness (QED) is 0.543. The fourth-order valence-electron chi connectivity index (χ4n) is 1.85. The van der Waals surface area contributed by atoms with E-state index in [0.717, 1.165) is 5.92 Å². The van der Waals surface area contributed by atoms with Gasteiger partial charge in [0, 0.05) is 0 Å². The normalized spacial score (nSPS) is 13.5. The summed E-state index contributed by atoms with van der Waals surface area (Å²) in [4.78, 5) is 0. The van der Waals surface area contributed by atoms with E-state index < -0.39 is 0 Å². The van der Waals surface area contributed by atoms with Gasteiger partial charge < -0.3 is 0 Å². The van der Waals surface area contributed by atoms with Gasteiger partial charge in [-0.2, -0.15) is 0 Å². The van der Waals surface area contributed by atoms with Crippen LogP contribution in [-0.2, 0) is 0 Å². The Bertz CT molecular complexity index is 332. The number of benzene rings is 1. The highest BCUT2D eigenvalue weighted by Gasteiger charge is 1.98. The Labute approximate surface area is 106 Å². The van der Waals surface area contributed by atoms with Gasteiger partial charge in [-0.1, -0.05) is 81.3 Å². The molecule has 1 aromatic carbocycles. The van der Waals surface area contributed by atoms with Crippen LogP contribution in [-0.4, -0.2) is 0 Å². The third-order valence-corrected chi connectivity index (χ3v) is 3.04. The van der Waals surface area contributed by atoms with E-state index >= 15 is 0 Å². The van der Waals surface area contributed by atoms with Gasteiger partial charge in [0.05, 0.1) is 0 Å². The third-order valence-electron chi connectivity index (χ3n) is 3.04. The summed E-state index contributed by atoms with van der Waals surface area (Å²) in [6, 6.07) is 10.4. The van der Waals surface area contributed by atoms with Crippen molar-refractivity contribution in [2.75, 3.05) is 0 Å². The molecule has 0 aromatic heterocycles. The molecular formula is C17H24. The number of hydrogen-bond acceptors (Lipinski definition) is 0. The van der Waals surface area contributed by atoms with Crippen LogP contribution in [0.2, 0.25) is 0 Å². The molecule has 0 heteroatoms. The Morgan fingerprint density at radius 2 is 1.82 bits per heavy atom. The number of allylic oxidation sites excluding steroid dienone is 3. The molecule has 0 amide bonds. The summed E-state index contributed by atoms with van der Waals surface area (Å²) in [5.41, 5.74) is 1.26. The first-order valence-electron chi connectivity index (χ1n) is 6.76. The Kier molecular flexibility index (Phi) is 7.13. The second kappa shape index (κ2) is 8.81. The van der Waals surface area contributed by atoms with E-state index in [1.807, 2.05) is 6.07 Å². The minimum atomic E-state index is 0.746. The van der Waals surface area contributed by atoms with Crippen molar-refractivity contribution in [2.24, 2.45) is 5.92 Å². The van der Waals surface area contributed by atoms with E-state index in [1.54, 1.807) is 0 Å². The Morgan fingerprint density at radius 3 is 2.47 bits per heavy atom. The molecule has 0 fully saturated rings. The van der Waals surface area contributed by atoms with Crippen molar-refractivity contribution >= 4 is 6.08 Å². The zero-order valence-corrected chi connectivity index (χ0v) is 11.1. The predicted octanol–water partition coefficient (Wildman–Crippen LogP) is 5.47. The van der Waals surface area contributed by atoms with Gasteiger partial charge in [0.15, 0.2) is 0 Å². The summed E-state index contributed by atoms with van der Waals surface area (Å²) in [5.74, 6) is 0.746. The molecule has 0 heterocycles. The van der Waals surface area contributed by atoms with Crippen LogP contribution in [0.1, 0.15) is 45.1 Å². The van der Waals surface area contributed by atoms with E-state index in [9.17, 15) is 0 Å². The molecule has 0 spiro atoms. The van der Waals surface area contributed by atoms with Gasteiger partial charge in [0.2, 0.25) is 0 Å². The zero-order valence-electron chi connectivity index (χ0n) is 11.1. The third kappa shape index (κ3) is 6.11. The summed E-state index contributed by atoms with van der Waals surface area (Å²) in [6.07, 6.45) is 14.0. The first-order chi connectivity index (χ1) is 8.36. The minimum Gasteiger partial charge on any atom is -0.0814 e. The summed E-state index contributed by atoms with van der Waals surface area (Å²) < 4.78 is 0. The van der Waals surface area contributed by atoms with Gasteiger partial charge in [-0.15, -0.1) is 0 Å². The van der Waals surface area contributed by atoms with Crippen molar-refractivity contribution in [3.63, 3.8) is 0 Å². The van der Waals surface area contributed by atoms with Gasteiger partial charge >= 0.3 is 0 Å². The zero-order chi connectivity index (χ0) is 12.3. The van der Waals surface area contributed by atoms with E-state index in [4.69, 9.17) is 0 Å². The molecule has 0 bridgehead atoms. The smallest absolute Gasteiger partial charge is 0.0233 e. The largest absolute Gasteiger partial charge is 0.0814 e. The van der Waals surface area contributed by atoms with Gasteiger partial charge in [-0.3, -0.25) is 0 Å². The van der Waals surface area contributed by atoms with E-state index in [2.05, 4.69) is 62.4 Å². The molecule has 17 heavy (non-hydrogen) atoms. The van der Waals surface area contributed by atoms with Crippen molar-refractivity contribution in [3.8, 4) is 0 Å². The highest BCUT2D eigenvalue weighted by molar-refractivity contribution is 5.50. The average Bonchev–Trinajstić information content (AvgIpc) is 2.39. The highest BCUT2D eigenvalue weighted by Crippen LogP contribution is 2.14. The molecule has 1 atom stereocenters. The molecule has 1 aromatic rings. The van der Waals surface area contributed by atoms with Crippen LogP contribution in [0.4, 0.5) is 0 Å². The second-order valence-corrected chi connectivity index (χ2v) is 4.47. The molecular weight excluding hydrogens is 204 g/mol. The molecule has 0 aliphatic carbocycles. The van der Waals surface area contributed by atoms with Gasteiger partial charge in [-0.05, 0) is 24.3 Å². The number of rotatable bonds is 7. The van der Waals surface area contributed by atoms with Crippen LogP contribution in [0.15, 0.2) is 48.6 Å². The first kappa shape index (κ1) is 13.8. The monoisotopic (exact) mass is 228 g/mol. The lowest BCUT2D eigenvalue weighted by Gasteiger charge is -2.07. The van der Waals surface area contributed by atoms with Crippen molar-refractivity contribution in [1.82, 2.24) is 0 Å². The van der Waals surface area contributed by atoms with Crippen LogP contribution < -0.4 is 0 Å². The fourth-order valence-corrected chi connectivity index (χ4v) is 1.85. The molecule has 1 unspecified atom stereocenters. The van der Waals surface area contributed by atoms with Gasteiger partial charge in [0.1, 0.15) is 0 Å². The second-order valence-electron chi connectivity index (χ2n) is 4.47. The molecule has 1 rings (SSSR count). The van der Waals surface area contributed by atoms with Crippen molar-refractivity contribution in [2.45, 2.75) is 39.5 Å². The number of hydrogen-bond donors (Lipinski definition) is 0. The van der Waals surface area contributed by atoms with Crippen molar-refractivity contribution < 1.29 is 0 Å². The fraction of sp³-hybridized carbons (Fsp3) is 0.412. The van der Waals surface area contributed by atoms with Crippen LogP contribution in [0.25, 0.3) is 6.08 Å².